The van der Waals surface area contributed by atoms with Gasteiger partial charge in [-0.15, -0.1) is 10.2 Å². The molecule has 0 saturated carbocycles. The number of benzene rings is 1. The maximum absolute atomic E-state index is 13.8. The number of piperidine rings is 1. The SMILES string of the molecule is CN1CCC(C(=O)N2CCN(C(=O)c3ccc(CNC(=O)c4ncc(-c5c(-c6ccc(N)nn6)n[nH]c5C(F)(F)F)[nH]4)cc3Cl)CC2)CC1. The first-order chi connectivity index (χ1) is 23.4. The first-order valence-corrected chi connectivity index (χ1v) is 15.9. The number of hydrogen-bond acceptors (Lipinski definition) is 9. The van der Waals surface area contributed by atoms with Crippen molar-refractivity contribution in [2.45, 2.75) is 25.6 Å². The molecule has 0 atom stereocenters. The van der Waals surface area contributed by atoms with E-state index in [9.17, 15) is 27.6 Å². The Morgan fingerprint density at radius 2 is 1.73 bits per heavy atom. The van der Waals surface area contributed by atoms with Gasteiger partial charge in [0.2, 0.25) is 5.91 Å². The third-order valence-corrected chi connectivity index (χ3v) is 9.01. The van der Waals surface area contributed by atoms with Crippen molar-refractivity contribution in [2.75, 3.05) is 52.0 Å². The lowest BCUT2D eigenvalue weighted by Crippen LogP contribution is -2.52. The molecule has 0 bridgehead atoms. The van der Waals surface area contributed by atoms with Crippen molar-refractivity contribution in [1.29, 1.82) is 0 Å². The minimum atomic E-state index is -4.80. The van der Waals surface area contributed by atoms with E-state index in [2.05, 4.69) is 42.5 Å². The summed E-state index contributed by atoms with van der Waals surface area (Å²) < 4.78 is 41.5. The fraction of sp³-hybridized carbons (Fsp3) is 0.387. The van der Waals surface area contributed by atoms with Gasteiger partial charge in [-0.3, -0.25) is 19.5 Å². The van der Waals surface area contributed by atoms with E-state index in [0.717, 1.165) is 32.1 Å². The topological polar surface area (TPSA) is 182 Å². The molecule has 5 N–H and O–H groups in total. The number of anilines is 1. The molecule has 0 spiro atoms. The number of amides is 3. The second-order valence-corrected chi connectivity index (χ2v) is 12.4. The molecule has 0 aliphatic carbocycles. The Morgan fingerprint density at radius 3 is 2.39 bits per heavy atom. The molecular weight excluding hydrogens is 667 g/mol. The lowest BCUT2D eigenvalue weighted by Gasteiger charge is -2.38. The normalized spacial score (nSPS) is 16.2. The molecular formula is C31H33ClF3N11O3. The van der Waals surface area contributed by atoms with Crippen LogP contribution in [0.1, 0.15) is 45.1 Å². The van der Waals surface area contributed by atoms with E-state index in [0.29, 0.717) is 37.3 Å². The molecule has 258 valence electrons. The smallest absolute Gasteiger partial charge is 0.382 e. The van der Waals surface area contributed by atoms with Crippen LogP contribution in [0.15, 0.2) is 36.5 Å². The van der Waals surface area contributed by atoms with Crippen LogP contribution in [-0.2, 0) is 17.5 Å². The van der Waals surface area contributed by atoms with Gasteiger partial charge in [-0.2, -0.15) is 18.3 Å². The molecule has 2 aliphatic rings. The zero-order valence-electron chi connectivity index (χ0n) is 26.3. The van der Waals surface area contributed by atoms with E-state index in [1.807, 2.05) is 10.00 Å². The minimum Gasteiger partial charge on any atom is -0.382 e. The van der Waals surface area contributed by atoms with Gasteiger partial charge in [-0.05, 0) is 62.8 Å². The second-order valence-electron chi connectivity index (χ2n) is 12.0. The summed E-state index contributed by atoms with van der Waals surface area (Å²) in [5, 5.41) is 16.1. The van der Waals surface area contributed by atoms with Crippen LogP contribution in [0.3, 0.4) is 0 Å². The van der Waals surface area contributed by atoms with Crippen LogP contribution in [0, 0.1) is 5.92 Å². The van der Waals surface area contributed by atoms with Crippen LogP contribution in [0.5, 0.6) is 0 Å². The highest BCUT2D eigenvalue weighted by atomic mass is 35.5. The Kier molecular flexibility index (Phi) is 9.56. The number of halogens is 4. The number of aromatic amines is 2. The summed E-state index contributed by atoms with van der Waals surface area (Å²) in [7, 11) is 2.05. The van der Waals surface area contributed by atoms with Crippen LogP contribution >= 0.6 is 11.6 Å². The summed E-state index contributed by atoms with van der Waals surface area (Å²) in [6.45, 7) is 3.51. The highest BCUT2D eigenvalue weighted by molar-refractivity contribution is 6.33. The lowest BCUT2D eigenvalue weighted by molar-refractivity contribution is -0.140. The van der Waals surface area contributed by atoms with Crippen LogP contribution in [0.25, 0.3) is 22.6 Å². The Morgan fingerprint density at radius 1 is 1.02 bits per heavy atom. The van der Waals surface area contributed by atoms with Gasteiger partial charge >= 0.3 is 6.18 Å². The predicted octanol–water partition coefficient (Wildman–Crippen LogP) is 3.07. The van der Waals surface area contributed by atoms with E-state index in [1.165, 1.54) is 12.1 Å². The largest absolute Gasteiger partial charge is 0.433 e. The summed E-state index contributed by atoms with van der Waals surface area (Å²) in [5.41, 5.74) is 4.60. The Bertz CT molecular complexity index is 1840. The number of nitrogens with one attached hydrogen (secondary N) is 3. The Balaban J connectivity index is 1.07. The molecule has 4 aromatic rings. The van der Waals surface area contributed by atoms with E-state index in [1.54, 1.807) is 23.1 Å². The van der Waals surface area contributed by atoms with Crippen molar-refractivity contribution in [3.63, 3.8) is 0 Å². The van der Waals surface area contributed by atoms with Crippen molar-refractivity contribution in [3.8, 4) is 22.6 Å². The Hall–Kier alpha value is -5.03. The van der Waals surface area contributed by atoms with Gasteiger partial charge in [0.25, 0.3) is 11.8 Å². The molecule has 0 radical (unpaired) electrons. The van der Waals surface area contributed by atoms with Gasteiger partial charge < -0.3 is 30.7 Å². The number of carbonyl (C=O) groups is 3. The zero-order chi connectivity index (χ0) is 34.9. The fourth-order valence-electron chi connectivity index (χ4n) is 5.95. The summed E-state index contributed by atoms with van der Waals surface area (Å²) in [4.78, 5) is 51.5. The van der Waals surface area contributed by atoms with E-state index < -0.39 is 23.3 Å². The third-order valence-electron chi connectivity index (χ3n) is 8.70. The van der Waals surface area contributed by atoms with Gasteiger partial charge in [0.15, 0.2) is 5.82 Å². The molecule has 0 unspecified atom stereocenters. The highest BCUT2D eigenvalue weighted by Crippen LogP contribution is 2.40. The molecule has 1 aromatic carbocycles. The number of nitrogens with zero attached hydrogens (tertiary/aromatic N) is 7. The van der Waals surface area contributed by atoms with E-state index in [4.69, 9.17) is 17.3 Å². The second kappa shape index (κ2) is 13.8. The third kappa shape index (κ3) is 7.36. The number of piperazine rings is 1. The first kappa shape index (κ1) is 33.9. The number of H-pyrrole nitrogens is 2. The summed E-state index contributed by atoms with van der Waals surface area (Å²) in [6, 6.07) is 7.52. The molecule has 2 aliphatic heterocycles. The first-order valence-electron chi connectivity index (χ1n) is 15.5. The molecule has 6 rings (SSSR count). The number of likely N-dealkylation sites (tertiary alicyclic amines) is 1. The zero-order valence-corrected chi connectivity index (χ0v) is 27.1. The number of rotatable bonds is 7. The number of alkyl halides is 3. The Labute approximate surface area is 283 Å². The maximum atomic E-state index is 13.8. The average molecular weight is 700 g/mol. The standard InChI is InChI=1S/C31H33ClF3N11O3/c1-44-8-6-18(7-9-44)29(48)45-10-12-46(13-11-45)30(49)19-3-2-17(14-20(19)32)15-38-28(47)27-37-16-22(39-27)24-25(21-4-5-23(36)41-40-21)42-43-26(24)31(33,34)35/h2-5,14,16,18H,6-13,15H2,1H3,(H2,36,41)(H,37,39)(H,38,47)(H,42,43). The van der Waals surface area contributed by atoms with Gasteiger partial charge in [-0.25, -0.2) is 4.98 Å². The molecule has 2 fully saturated rings. The summed E-state index contributed by atoms with van der Waals surface area (Å²) >= 11 is 6.49. The highest BCUT2D eigenvalue weighted by Gasteiger charge is 2.39. The predicted molar refractivity (Wildman–Crippen MR) is 172 cm³/mol. The maximum Gasteiger partial charge on any atom is 0.433 e. The van der Waals surface area contributed by atoms with Crippen molar-refractivity contribution < 1.29 is 27.6 Å². The van der Waals surface area contributed by atoms with Gasteiger partial charge in [-0.1, -0.05) is 17.7 Å². The minimum absolute atomic E-state index is 0.00735. The van der Waals surface area contributed by atoms with Gasteiger partial charge in [0, 0.05) is 38.6 Å². The van der Waals surface area contributed by atoms with Gasteiger partial charge in [0.1, 0.15) is 22.9 Å². The summed E-state index contributed by atoms with van der Waals surface area (Å²) in [6.07, 6.45) is -2.03. The van der Waals surface area contributed by atoms with Crippen molar-refractivity contribution in [2.24, 2.45) is 5.92 Å². The number of nitrogen functional groups attached to an aromatic ring is 1. The monoisotopic (exact) mass is 699 g/mol. The van der Waals surface area contributed by atoms with Crippen molar-refractivity contribution in [1.82, 2.24) is 50.4 Å². The summed E-state index contributed by atoms with van der Waals surface area (Å²) in [5.74, 6) is -0.938. The number of nitrogens with two attached hydrogens (primary N) is 1. The molecule has 3 amide bonds. The van der Waals surface area contributed by atoms with Crippen LogP contribution < -0.4 is 11.1 Å². The van der Waals surface area contributed by atoms with Crippen molar-refractivity contribution in [3.05, 3.63) is 64.2 Å². The molecule has 3 aromatic heterocycles. The number of carbonyl (C=O) groups excluding carboxylic acids is 3. The van der Waals surface area contributed by atoms with Gasteiger partial charge in [0.05, 0.1) is 28.0 Å². The molecule has 5 heterocycles. The van der Waals surface area contributed by atoms with Crippen LogP contribution in [-0.4, -0.2) is 109 Å². The lowest BCUT2D eigenvalue weighted by atomic mass is 9.95. The molecule has 2 saturated heterocycles. The average Bonchev–Trinajstić information content (AvgIpc) is 3.76. The van der Waals surface area contributed by atoms with Crippen LogP contribution in [0.4, 0.5) is 19.0 Å². The van der Waals surface area contributed by atoms with Crippen molar-refractivity contribution >= 4 is 35.1 Å². The number of aromatic nitrogens is 6. The molecule has 14 nitrogen and oxygen atoms in total. The number of hydrogen-bond donors (Lipinski definition) is 4. The fourth-order valence-corrected chi connectivity index (χ4v) is 6.23. The molecule has 49 heavy (non-hydrogen) atoms. The quantitative estimate of drug-likeness (QED) is 0.225. The van der Waals surface area contributed by atoms with E-state index >= 15 is 0 Å². The number of imidazole rings is 1. The van der Waals surface area contributed by atoms with E-state index in [-0.39, 0.29) is 58.0 Å². The van der Waals surface area contributed by atoms with Crippen LogP contribution in [0.2, 0.25) is 5.02 Å². The molecule has 18 heteroatoms.